The SMILES string of the molecule is COC(=O)c1ccc(Nc2ncc(F)c(Nc3ccc(C(=O)OC)c(OC)c3)n2)cc1OC. The van der Waals surface area contributed by atoms with Crippen LogP contribution in [0.4, 0.5) is 27.5 Å². The quantitative estimate of drug-likeness (QED) is 0.485. The molecule has 0 fully saturated rings. The number of rotatable bonds is 8. The highest BCUT2D eigenvalue weighted by atomic mass is 19.1. The monoisotopic (exact) mass is 456 g/mol. The van der Waals surface area contributed by atoms with Crippen molar-refractivity contribution in [2.45, 2.75) is 0 Å². The molecule has 0 aliphatic rings. The van der Waals surface area contributed by atoms with Crippen LogP contribution in [-0.4, -0.2) is 50.3 Å². The summed E-state index contributed by atoms with van der Waals surface area (Å²) in [6.45, 7) is 0. The second-order valence-corrected chi connectivity index (χ2v) is 6.45. The largest absolute Gasteiger partial charge is 0.496 e. The fourth-order valence-electron chi connectivity index (χ4n) is 2.88. The summed E-state index contributed by atoms with van der Waals surface area (Å²) in [4.78, 5) is 31.7. The highest BCUT2D eigenvalue weighted by Gasteiger charge is 2.16. The van der Waals surface area contributed by atoms with E-state index in [1.807, 2.05) is 0 Å². The third-order valence-corrected chi connectivity index (χ3v) is 4.48. The Hall–Kier alpha value is -4.41. The van der Waals surface area contributed by atoms with Crippen molar-refractivity contribution in [3.63, 3.8) is 0 Å². The maximum Gasteiger partial charge on any atom is 0.341 e. The van der Waals surface area contributed by atoms with Gasteiger partial charge in [0.15, 0.2) is 11.6 Å². The van der Waals surface area contributed by atoms with E-state index in [1.165, 1.54) is 46.6 Å². The van der Waals surface area contributed by atoms with Crippen LogP contribution in [0, 0.1) is 5.82 Å². The molecule has 10 nitrogen and oxygen atoms in total. The number of esters is 2. The van der Waals surface area contributed by atoms with E-state index < -0.39 is 17.8 Å². The van der Waals surface area contributed by atoms with Crippen LogP contribution in [0.15, 0.2) is 42.6 Å². The molecule has 1 heterocycles. The molecular weight excluding hydrogens is 435 g/mol. The van der Waals surface area contributed by atoms with Gasteiger partial charge in [-0.25, -0.2) is 19.0 Å². The number of aromatic nitrogens is 2. The maximum atomic E-state index is 14.3. The molecule has 1 aromatic heterocycles. The van der Waals surface area contributed by atoms with Crippen molar-refractivity contribution in [2.75, 3.05) is 39.1 Å². The first kappa shape index (κ1) is 23.3. The van der Waals surface area contributed by atoms with Crippen LogP contribution in [0.5, 0.6) is 11.5 Å². The fourth-order valence-corrected chi connectivity index (χ4v) is 2.88. The van der Waals surface area contributed by atoms with Crippen molar-refractivity contribution < 1.29 is 32.9 Å². The Kier molecular flexibility index (Phi) is 7.24. The molecule has 0 aliphatic heterocycles. The van der Waals surface area contributed by atoms with E-state index in [0.717, 1.165) is 6.20 Å². The minimum Gasteiger partial charge on any atom is -0.496 e. The normalized spacial score (nSPS) is 10.2. The van der Waals surface area contributed by atoms with Gasteiger partial charge in [0.05, 0.1) is 34.6 Å². The number of carbonyl (C=O) groups excluding carboxylic acids is 2. The van der Waals surface area contributed by atoms with Crippen molar-refractivity contribution in [3.05, 3.63) is 59.5 Å². The van der Waals surface area contributed by atoms with Gasteiger partial charge in [-0.05, 0) is 24.3 Å². The molecule has 0 radical (unpaired) electrons. The lowest BCUT2D eigenvalue weighted by Crippen LogP contribution is -2.07. The Labute approximate surface area is 188 Å². The van der Waals surface area contributed by atoms with Gasteiger partial charge in [-0.15, -0.1) is 0 Å². The summed E-state index contributed by atoms with van der Waals surface area (Å²) in [5.74, 6) is -1.30. The van der Waals surface area contributed by atoms with Crippen molar-refractivity contribution in [1.29, 1.82) is 0 Å². The van der Waals surface area contributed by atoms with Gasteiger partial charge in [0.2, 0.25) is 5.95 Å². The number of anilines is 4. The summed E-state index contributed by atoms with van der Waals surface area (Å²) in [6, 6.07) is 9.23. The molecule has 172 valence electrons. The number of halogens is 1. The number of hydrogen-bond acceptors (Lipinski definition) is 10. The van der Waals surface area contributed by atoms with Crippen LogP contribution in [0.2, 0.25) is 0 Å². The van der Waals surface area contributed by atoms with Crippen molar-refractivity contribution in [1.82, 2.24) is 9.97 Å². The number of carbonyl (C=O) groups is 2. The summed E-state index contributed by atoms with van der Waals surface area (Å²) < 4.78 is 34.2. The molecule has 0 amide bonds. The molecule has 0 saturated heterocycles. The van der Waals surface area contributed by atoms with Gasteiger partial charge < -0.3 is 29.6 Å². The number of methoxy groups -OCH3 is 4. The summed E-state index contributed by atoms with van der Waals surface area (Å²) in [5.41, 5.74) is 1.39. The number of nitrogens with one attached hydrogen (secondary N) is 2. The first-order valence-corrected chi connectivity index (χ1v) is 9.49. The zero-order valence-electron chi connectivity index (χ0n) is 18.3. The molecule has 0 saturated carbocycles. The predicted octanol–water partition coefficient (Wildman–Crippen LogP) is 3.69. The molecule has 0 unspecified atom stereocenters. The number of ether oxygens (including phenoxy) is 4. The minimum atomic E-state index is -0.699. The molecule has 2 N–H and O–H groups in total. The van der Waals surface area contributed by atoms with Crippen LogP contribution in [-0.2, 0) is 9.47 Å². The fraction of sp³-hybridized carbons (Fsp3) is 0.182. The Morgan fingerprint density at radius 3 is 1.82 bits per heavy atom. The van der Waals surface area contributed by atoms with Crippen LogP contribution in [0.25, 0.3) is 0 Å². The molecule has 0 spiro atoms. The highest BCUT2D eigenvalue weighted by molar-refractivity contribution is 5.94. The van der Waals surface area contributed by atoms with E-state index in [9.17, 15) is 14.0 Å². The lowest BCUT2D eigenvalue weighted by Gasteiger charge is -2.13. The molecule has 2 aromatic carbocycles. The van der Waals surface area contributed by atoms with Crippen LogP contribution < -0.4 is 20.1 Å². The average Bonchev–Trinajstić information content (AvgIpc) is 2.84. The Morgan fingerprint density at radius 1 is 0.818 bits per heavy atom. The second kappa shape index (κ2) is 10.3. The standard InChI is InChI=1S/C22H21FN4O6/c1-30-17-9-12(5-7-14(17)20(28)32-3)25-19-16(23)11-24-22(27-19)26-13-6-8-15(21(29)33-4)18(10-13)31-2/h5-11H,1-4H3,(H2,24,25,26,27). The maximum absolute atomic E-state index is 14.3. The predicted molar refractivity (Wildman–Crippen MR) is 117 cm³/mol. The van der Waals surface area contributed by atoms with Gasteiger partial charge in [0.25, 0.3) is 0 Å². The van der Waals surface area contributed by atoms with Gasteiger partial charge in [-0.2, -0.15) is 4.98 Å². The van der Waals surface area contributed by atoms with Gasteiger partial charge in [0, 0.05) is 23.5 Å². The van der Waals surface area contributed by atoms with Crippen molar-refractivity contribution >= 4 is 35.1 Å². The molecule has 0 atom stereocenters. The van der Waals surface area contributed by atoms with Crippen molar-refractivity contribution in [2.24, 2.45) is 0 Å². The zero-order valence-corrected chi connectivity index (χ0v) is 18.3. The summed E-state index contributed by atoms with van der Waals surface area (Å²) in [7, 11) is 5.35. The van der Waals surface area contributed by atoms with Crippen LogP contribution in [0.1, 0.15) is 20.7 Å². The van der Waals surface area contributed by atoms with E-state index in [2.05, 4.69) is 20.6 Å². The van der Waals surface area contributed by atoms with E-state index in [4.69, 9.17) is 18.9 Å². The summed E-state index contributed by atoms with van der Waals surface area (Å²) in [5, 5.41) is 5.75. The number of hydrogen-bond donors (Lipinski definition) is 2. The first-order valence-electron chi connectivity index (χ1n) is 9.49. The topological polar surface area (TPSA) is 121 Å². The second-order valence-electron chi connectivity index (χ2n) is 6.45. The van der Waals surface area contributed by atoms with E-state index in [0.29, 0.717) is 11.4 Å². The van der Waals surface area contributed by atoms with Crippen LogP contribution in [0.3, 0.4) is 0 Å². The number of nitrogens with zero attached hydrogens (tertiary/aromatic N) is 2. The Bertz CT molecular complexity index is 1190. The van der Waals surface area contributed by atoms with E-state index in [-0.39, 0.29) is 34.4 Å². The van der Waals surface area contributed by atoms with E-state index >= 15 is 0 Å². The van der Waals surface area contributed by atoms with E-state index in [1.54, 1.807) is 18.2 Å². The van der Waals surface area contributed by atoms with Gasteiger partial charge >= 0.3 is 11.9 Å². The average molecular weight is 456 g/mol. The first-order chi connectivity index (χ1) is 15.9. The lowest BCUT2D eigenvalue weighted by atomic mass is 10.2. The Balaban J connectivity index is 1.85. The van der Waals surface area contributed by atoms with Gasteiger partial charge in [-0.3, -0.25) is 0 Å². The van der Waals surface area contributed by atoms with Crippen LogP contribution >= 0.6 is 0 Å². The highest BCUT2D eigenvalue weighted by Crippen LogP contribution is 2.28. The number of benzene rings is 2. The lowest BCUT2D eigenvalue weighted by molar-refractivity contribution is 0.0588. The molecule has 11 heteroatoms. The van der Waals surface area contributed by atoms with Gasteiger partial charge in [-0.1, -0.05) is 0 Å². The molecule has 33 heavy (non-hydrogen) atoms. The summed E-state index contributed by atoms with van der Waals surface area (Å²) >= 11 is 0. The van der Waals surface area contributed by atoms with Gasteiger partial charge in [0.1, 0.15) is 22.6 Å². The summed E-state index contributed by atoms with van der Waals surface area (Å²) in [6.07, 6.45) is 0.998. The molecular formula is C22H21FN4O6. The molecule has 3 rings (SSSR count). The molecule has 3 aromatic rings. The zero-order chi connectivity index (χ0) is 24.0. The van der Waals surface area contributed by atoms with Crippen molar-refractivity contribution in [3.8, 4) is 11.5 Å². The molecule has 0 aliphatic carbocycles. The Morgan fingerprint density at radius 2 is 1.33 bits per heavy atom. The molecule has 0 bridgehead atoms. The third-order valence-electron chi connectivity index (χ3n) is 4.48. The smallest absolute Gasteiger partial charge is 0.341 e. The minimum absolute atomic E-state index is 0.0879. The third kappa shape index (κ3) is 5.26.